The Morgan fingerprint density at radius 3 is 2.64 bits per heavy atom. The smallest absolute Gasteiger partial charge is 0.315 e. The third kappa shape index (κ3) is 5.18. The van der Waals surface area contributed by atoms with E-state index in [1.807, 2.05) is 13.8 Å². The van der Waals surface area contributed by atoms with Crippen LogP contribution in [0.2, 0.25) is 0 Å². The Balaban J connectivity index is 2.52. The van der Waals surface area contributed by atoms with Gasteiger partial charge in [-0.15, -0.1) is 0 Å². The second kappa shape index (κ2) is 8.58. The van der Waals surface area contributed by atoms with Gasteiger partial charge in [0, 0.05) is 6.54 Å². The Morgan fingerprint density at radius 1 is 1.41 bits per heavy atom. The van der Waals surface area contributed by atoms with Crippen LogP contribution in [-0.2, 0) is 0 Å². The van der Waals surface area contributed by atoms with Crippen molar-refractivity contribution >= 4 is 6.03 Å². The lowest BCUT2D eigenvalue weighted by atomic mass is 10.0. The first-order valence-corrected chi connectivity index (χ1v) is 7.44. The van der Waals surface area contributed by atoms with Gasteiger partial charge in [0.25, 0.3) is 0 Å². The Hall–Kier alpha value is -1.82. The molecular formula is C16H25FN2O3. The Bertz CT molecular complexity index is 496. The predicted octanol–water partition coefficient (Wildman–Crippen LogP) is 2.60. The number of halogens is 1. The second-order valence-electron chi connectivity index (χ2n) is 5.42. The normalized spacial score (nSPS) is 14.8. The van der Waals surface area contributed by atoms with Crippen LogP contribution >= 0.6 is 0 Å². The standard InChI is InChI=1S/C16H25FN2O3/c1-5-10(2)14(20)9-18-16(21)19-11(3)12-6-7-15(22-4)13(17)8-12/h6-8,10-11,14,20H,5,9H2,1-4H3,(H2,18,19,21). The summed E-state index contributed by atoms with van der Waals surface area (Å²) in [5, 5.41) is 15.1. The molecule has 6 heteroatoms. The highest BCUT2D eigenvalue weighted by Crippen LogP contribution is 2.21. The summed E-state index contributed by atoms with van der Waals surface area (Å²) in [4.78, 5) is 11.8. The summed E-state index contributed by atoms with van der Waals surface area (Å²) in [5.74, 6) is -0.188. The van der Waals surface area contributed by atoms with Gasteiger partial charge in [-0.2, -0.15) is 0 Å². The molecule has 0 bridgehead atoms. The number of nitrogens with one attached hydrogen (secondary N) is 2. The van der Waals surface area contributed by atoms with E-state index in [0.717, 1.165) is 6.42 Å². The lowest BCUT2D eigenvalue weighted by Gasteiger charge is -2.19. The maximum atomic E-state index is 13.6. The lowest BCUT2D eigenvalue weighted by Crippen LogP contribution is -2.42. The minimum absolute atomic E-state index is 0.119. The lowest BCUT2D eigenvalue weighted by molar-refractivity contribution is 0.114. The summed E-state index contributed by atoms with van der Waals surface area (Å²) < 4.78 is 18.5. The summed E-state index contributed by atoms with van der Waals surface area (Å²) in [6.07, 6.45) is 0.260. The largest absolute Gasteiger partial charge is 0.494 e. The number of carbonyl (C=O) groups is 1. The molecule has 3 atom stereocenters. The number of urea groups is 1. The van der Waals surface area contributed by atoms with Crippen LogP contribution in [0.15, 0.2) is 18.2 Å². The van der Waals surface area contributed by atoms with Crippen LogP contribution in [0.4, 0.5) is 9.18 Å². The molecule has 5 nitrogen and oxygen atoms in total. The monoisotopic (exact) mass is 312 g/mol. The van der Waals surface area contributed by atoms with Gasteiger partial charge in [0.15, 0.2) is 11.6 Å². The molecule has 0 saturated heterocycles. The minimum atomic E-state index is -0.579. The topological polar surface area (TPSA) is 70.6 Å². The highest BCUT2D eigenvalue weighted by molar-refractivity contribution is 5.74. The number of ether oxygens (including phenoxy) is 1. The van der Waals surface area contributed by atoms with E-state index in [1.165, 1.54) is 19.2 Å². The van der Waals surface area contributed by atoms with Crippen molar-refractivity contribution in [3.63, 3.8) is 0 Å². The van der Waals surface area contributed by atoms with Gasteiger partial charge in [0.1, 0.15) is 0 Å². The van der Waals surface area contributed by atoms with Gasteiger partial charge in [0.05, 0.1) is 19.3 Å². The number of methoxy groups -OCH3 is 1. The van der Waals surface area contributed by atoms with Crippen LogP contribution in [0, 0.1) is 11.7 Å². The summed E-state index contributed by atoms with van der Waals surface area (Å²) in [5.41, 5.74) is 0.635. The van der Waals surface area contributed by atoms with Crippen molar-refractivity contribution in [2.75, 3.05) is 13.7 Å². The Kier molecular flexibility index (Phi) is 7.11. The first-order chi connectivity index (χ1) is 10.4. The maximum Gasteiger partial charge on any atom is 0.315 e. The molecule has 124 valence electrons. The van der Waals surface area contributed by atoms with Gasteiger partial charge in [-0.1, -0.05) is 26.3 Å². The fourth-order valence-corrected chi connectivity index (χ4v) is 1.95. The number of aliphatic hydroxyl groups is 1. The molecule has 3 N–H and O–H groups in total. The molecule has 0 spiro atoms. The first kappa shape index (κ1) is 18.2. The van der Waals surface area contributed by atoms with E-state index < -0.39 is 18.0 Å². The van der Waals surface area contributed by atoms with Crippen molar-refractivity contribution in [1.82, 2.24) is 10.6 Å². The van der Waals surface area contributed by atoms with Crippen molar-refractivity contribution in [3.05, 3.63) is 29.6 Å². The van der Waals surface area contributed by atoms with E-state index in [-0.39, 0.29) is 24.3 Å². The molecule has 0 saturated carbocycles. The number of rotatable bonds is 7. The average Bonchev–Trinajstić information content (AvgIpc) is 2.51. The molecule has 0 aliphatic rings. The van der Waals surface area contributed by atoms with E-state index in [9.17, 15) is 14.3 Å². The molecule has 0 aliphatic heterocycles. The zero-order valence-electron chi connectivity index (χ0n) is 13.5. The number of aliphatic hydroxyl groups excluding tert-OH is 1. The highest BCUT2D eigenvalue weighted by Gasteiger charge is 2.15. The molecule has 3 unspecified atom stereocenters. The fourth-order valence-electron chi connectivity index (χ4n) is 1.95. The quantitative estimate of drug-likeness (QED) is 0.725. The van der Waals surface area contributed by atoms with E-state index >= 15 is 0 Å². The van der Waals surface area contributed by atoms with Crippen LogP contribution in [0.1, 0.15) is 38.8 Å². The summed E-state index contributed by atoms with van der Waals surface area (Å²) >= 11 is 0. The molecule has 2 amide bonds. The van der Waals surface area contributed by atoms with E-state index in [0.29, 0.717) is 5.56 Å². The Labute approximate surface area is 130 Å². The second-order valence-corrected chi connectivity index (χ2v) is 5.42. The molecule has 22 heavy (non-hydrogen) atoms. The van der Waals surface area contributed by atoms with E-state index in [2.05, 4.69) is 10.6 Å². The van der Waals surface area contributed by atoms with Gasteiger partial charge in [-0.25, -0.2) is 9.18 Å². The summed E-state index contributed by atoms with van der Waals surface area (Å²) in [6, 6.07) is 3.79. The van der Waals surface area contributed by atoms with Gasteiger partial charge in [-0.05, 0) is 30.5 Å². The summed E-state index contributed by atoms with van der Waals surface area (Å²) in [6.45, 7) is 5.84. The van der Waals surface area contributed by atoms with Crippen LogP contribution in [-0.4, -0.2) is 30.9 Å². The number of benzene rings is 1. The summed E-state index contributed by atoms with van der Waals surface area (Å²) in [7, 11) is 1.40. The molecular weight excluding hydrogens is 287 g/mol. The van der Waals surface area contributed by atoms with Crippen molar-refractivity contribution in [1.29, 1.82) is 0 Å². The fraction of sp³-hybridized carbons (Fsp3) is 0.562. The van der Waals surface area contributed by atoms with Crippen molar-refractivity contribution < 1.29 is 19.0 Å². The maximum absolute atomic E-state index is 13.6. The molecule has 0 heterocycles. The van der Waals surface area contributed by atoms with E-state index in [4.69, 9.17) is 4.74 Å². The minimum Gasteiger partial charge on any atom is -0.494 e. The zero-order valence-corrected chi connectivity index (χ0v) is 13.5. The van der Waals surface area contributed by atoms with Crippen LogP contribution in [0.25, 0.3) is 0 Å². The van der Waals surface area contributed by atoms with Gasteiger partial charge >= 0.3 is 6.03 Å². The molecule has 1 rings (SSSR count). The number of amides is 2. The van der Waals surface area contributed by atoms with Gasteiger partial charge in [0.2, 0.25) is 0 Å². The molecule has 1 aromatic carbocycles. The molecule has 0 aromatic heterocycles. The first-order valence-electron chi connectivity index (χ1n) is 7.44. The van der Waals surface area contributed by atoms with Crippen molar-refractivity contribution in [2.45, 2.75) is 39.3 Å². The number of hydrogen-bond donors (Lipinski definition) is 3. The van der Waals surface area contributed by atoms with Crippen LogP contribution < -0.4 is 15.4 Å². The van der Waals surface area contributed by atoms with Crippen LogP contribution in [0.5, 0.6) is 5.75 Å². The number of hydrogen-bond acceptors (Lipinski definition) is 3. The van der Waals surface area contributed by atoms with Crippen molar-refractivity contribution in [2.24, 2.45) is 5.92 Å². The average molecular weight is 312 g/mol. The van der Waals surface area contributed by atoms with Crippen molar-refractivity contribution in [3.8, 4) is 5.75 Å². The van der Waals surface area contributed by atoms with E-state index in [1.54, 1.807) is 13.0 Å². The molecule has 0 aliphatic carbocycles. The number of carbonyl (C=O) groups excluding carboxylic acids is 1. The molecule has 0 radical (unpaired) electrons. The van der Waals surface area contributed by atoms with Gasteiger partial charge < -0.3 is 20.5 Å². The predicted molar refractivity (Wildman–Crippen MR) is 83.4 cm³/mol. The molecule has 1 aromatic rings. The SMILES string of the molecule is CCC(C)C(O)CNC(=O)NC(C)c1ccc(OC)c(F)c1. The third-order valence-corrected chi connectivity index (χ3v) is 3.80. The third-order valence-electron chi connectivity index (χ3n) is 3.80. The van der Waals surface area contributed by atoms with Crippen LogP contribution in [0.3, 0.4) is 0 Å². The Morgan fingerprint density at radius 2 is 2.09 bits per heavy atom. The molecule has 0 fully saturated rings. The highest BCUT2D eigenvalue weighted by atomic mass is 19.1. The van der Waals surface area contributed by atoms with Gasteiger partial charge in [-0.3, -0.25) is 0 Å². The zero-order chi connectivity index (χ0) is 16.7.